The van der Waals surface area contributed by atoms with Crippen LogP contribution in [0.2, 0.25) is 0 Å². The molecule has 12 nitrogen and oxygen atoms in total. The number of hydrogen-bond acceptors (Lipinski definition) is 7. The normalized spacial score (nSPS) is 15.1. The molecule has 0 aliphatic heterocycles. The molecule has 1 aromatic carbocycles. The summed E-state index contributed by atoms with van der Waals surface area (Å²) in [5.41, 5.74) is 7.81. The fraction of sp³-hybridized carbons (Fsp3) is 0.480. The Balaban J connectivity index is 2.16. The second kappa shape index (κ2) is 14.4. The van der Waals surface area contributed by atoms with Crippen molar-refractivity contribution in [3.05, 3.63) is 36.0 Å². The Morgan fingerprint density at radius 1 is 1.00 bits per heavy atom. The van der Waals surface area contributed by atoms with E-state index in [1.165, 1.54) is 0 Å². The minimum absolute atomic E-state index is 0.159. The van der Waals surface area contributed by atoms with E-state index in [2.05, 4.69) is 33.6 Å². The van der Waals surface area contributed by atoms with Gasteiger partial charge in [-0.1, -0.05) is 38.5 Å². The lowest BCUT2D eigenvalue weighted by Gasteiger charge is -2.27. The lowest BCUT2D eigenvalue weighted by molar-refractivity contribution is -0.142. The maximum atomic E-state index is 13.2. The van der Waals surface area contributed by atoms with Crippen LogP contribution in [0.1, 0.15) is 38.7 Å². The summed E-state index contributed by atoms with van der Waals surface area (Å²) in [4.78, 5) is 64.5. The van der Waals surface area contributed by atoms with Gasteiger partial charge in [0.1, 0.15) is 18.1 Å². The molecule has 208 valence electrons. The van der Waals surface area contributed by atoms with Crippen LogP contribution in [0.5, 0.6) is 0 Å². The lowest BCUT2D eigenvalue weighted by Crippen LogP contribution is -2.59. The molecule has 8 N–H and O–H groups in total. The number of aliphatic carboxylic acids is 2. The van der Waals surface area contributed by atoms with Gasteiger partial charge in [-0.3, -0.25) is 19.2 Å². The predicted octanol–water partition coefficient (Wildman–Crippen LogP) is 0.417. The predicted molar refractivity (Wildman–Crippen MR) is 144 cm³/mol. The molecule has 0 radical (unpaired) electrons. The zero-order chi connectivity index (χ0) is 28.4. The van der Waals surface area contributed by atoms with Crippen LogP contribution in [-0.2, 0) is 30.4 Å². The summed E-state index contributed by atoms with van der Waals surface area (Å²) < 4.78 is 0. The monoisotopic (exact) mass is 549 g/mol. The largest absolute Gasteiger partial charge is 0.481 e. The van der Waals surface area contributed by atoms with E-state index in [1.54, 1.807) is 20.0 Å². The first-order valence-electron chi connectivity index (χ1n) is 12.3. The van der Waals surface area contributed by atoms with Gasteiger partial charge in [-0.2, -0.15) is 12.6 Å². The maximum Gasteiger partial charge on any atom is 0.327 e. The van der Waals surface area contributed by atoms with E-state index < -0.39 is 66.2 Å². The number of carbonyl (C=O) groups is 5. The van der Waals surface area contributed by atoms with Gasteiger partial charge in [0.15, 0.2) is 0 Å². The molecule has 0 aliphatic rings. The van der Waals surface area contributed by atoms with E-state index >= 15 is 0 Å². The van der Waals surface area contributed by atoms with Crippen LogP contribution in [0.3, 0.4) is 0 Å². The number of thiol groups is 1. The van der Waals surface area contributed by atoms with Crippen molar-refractivity contribution in [2.75, 3.05) is 5.75 Å². The van der Waals surface area contributed by atoms with Crippen molar-refractivity contribution < 1.29 is 34.2 Å². The molecular weight excluding hydrogens is 514 g/mol. The van der Waals surface area contributed by atoms with Gasteiger partial charge in [-0.05, 0) is 30.4 Å². The number of nitrogens with one attached hydrogen (secondary N) is 4. The molecule has 38 heavy (non-hydrogen) atoms. The first kappa shape index (κ1) is 30.6. The molecule has 2 aromatic rings. The third-order valence-corrected chi connectivity index (χ3v) is 6.69. The fourth-order valence-electron chi connectivity index (χ4n) is 3.85. The van der Waals surface area contributed by atoms with Gasteiger partial charge in [0.25, 0.3) is 0 Å². The van der Waals surface area contributed by atoms with Crippen LogP contribution < -0.4 is 21.7 Å². The highest BCUT2D eigenvalue weighted by Gasteiger charge is 2.32. The number of rotatable bonds is 15. The Morgan fingerprint density at radius 2 is 1.66 bits per heavy atom. The number of carboxylic acid groups (broad SMARTS) is 2. The van der Waals surface area contributed by atoms with Crippen molar-refractivity contribution in [2.24, 2.45) is 11.7 Å². The van der Waals surface area contributed by atoms with Crippen LogP contribution in [-0.4, -0.2) is 74.8 Å². The van der Waals surface area contributed by atoms with E-state index in [4.69, 9.17) is 10.8 Å². The molecule has 0 spiro atoms. The standard InChI is InChI=1S/C25H35N5O7S/c1-3-13(2)21(24(35)29-19(12-38)25(36)37)30-23(34)18(8-9-20(31)32)28-22(33)16(26)10-14-11-27-17-7-5-4-6-15(14)17/h4-7,11,13,16,18-19,21,27,38H,3,8-10,12,26H2,1-2H3,(H,28,33)(H,29,35)(H,30,34)(H,31,32)(H,36,37). The fourth-order valence-corrected chi connectivity index (χ4v) is 4.10. The van der Waals surface area contributed by atoms with E-state index in [1.807, 2.05) is 24.3 Å². The summed E-state index contributed by atoms with van der Waals surface area (Å²) in [5, 5.41) is 26.7. The van der Waals surface area contributed by atoms with E-state index in [0.717, 1.165) is 16.5 Å². The number of nitrogens with two attached hydrogens (primary N) is 1. The van der Waals surface area contributed by atoms with Crippen LogP contribution in [0.15, 0.2) is 30.5 Å². The quantitative estimate of drug-likeness (QED) is 0.146. The summed E-state index contributed by atoms with van der Waals surface area (Å²) in [6.07, 6.45) is 1.73. The molecule has 1 aromatic heterocycles. The zero-order valence-electron chi connectivity index (χ0n) is 21.3. The van der Waals surface area contributed by atoms with Crippen LogP contribution >= 0.6 is 12.6 Å². The summed E-state index contributed by atoms with van der Waals surface area (Å²) >= 11 is 3.93. The molecular formula is C25H35N5O7S. The number of fused-ring (bicyclic) bond motifs is 1. The molecule has 2 rings (SSSR count). The maximum absolute atomic E-state index is 13.2. The van der Waals surface area contributed by atoms with Crippen LogP contribution in [0.4, 0.5) is 0 Å². The Labute approximate surface area is 225 Å². The Kier molecular flexibility index (Phi) is 11.6. The average molecular weight is 550 g/mol. The van der Waals surface area contributed by atoms with Gasteiger partial charge in [0.05, 0.1) is 6.04 Å². The Hall–Kier alpha value is -3.58. The number of aromatic nitrogens is 1. The number of hydrogen-bond donors (Lipinski definition) is 8. The number of benzene rings is 1. The van der Waals surface area contributed by atoms with Gasteiger partial charge in [-0.15, -0.1) is 0 Å². The molecule has 13 heteroatoms. The Bertz CT molecular complexity index is 1150. The highest BCUT2D eigenvalue weighted by atomic mass is 32.1. The average Bonchev–Trinajstić information content (AvgIpc) is 3.29. The first-order chi connectivity index (χ1) is 18.0. The molecule has 0 bridgehead atoms. The second-order valence-corrected chi connectivity index (χ2v) is 9.48. The topological polar surface area (TPSA) is 204 Å². The highest BCUT2D eigenvalue weighted by Crippen LogP contribution is 2.19. The number of carbonyl (C=O) groups excluding carboxylic acids is 3. The van der Waals surface area contributed by atoms with Gasteiger partial charge >= 0.3 is 11.9 Å². The van der Waals surface area contributed by atoms with Crippen molar-refractivity contribution in [3.8, 4) is 0 Å². The van der Waals surface area contributed by atoms with Gasteiger partial charge in [0, 0.05) is 29.3 Å². The molecule has 5 unspecified atom stereocenters. The van der Waals surface area contributed by atoms with Crippen molar-refractivity contribution in [3.63, 3.8) is 0 Å². The molecule has 0 saturated carbocycles. The van der Waals surface area contributed by atoms with Crippen molar-refractivity contribution >= 4 is 53.2 Å². The summed E-state index contributed by atoms with van der Waals surface area (Å²) in [5.74, 6) is -5.17. The zero-order valence-corrected chi connectivity index (χ0v) is 22.2. The minimum atomic E-state index is -1.29. The second-order valence-electron chi connectivity index (χ2n) is 9.12. The molecule has 0 saturated heterocycles. The molecule has 1 heterocycles. The Morgan fingerprint density at radius 3 is 2.26 bits per heavy atom. The molecule has 0 aliphatic carbocycles. The van der Waals surface area contributed by atoms with Gasteiger partial charge in [0.2, 0.25) is 17.7 Å². The molecule has 0 fully saturated rings. The highest BCUT2D eigenvalue weighted by molar-refractivity contribution is 7.80. The van der Waals surface area contributed by atoms with E-state index in [-0.39, 0.29) is 18.6 Å². The van der Waals surface area contributed by atoms with Crippen molar-refractivity contribution in [2.45, 2.75) is 63.7 Å². The van der Waals surface area contributed by atoms with Crippen LogP contribution in [0.25, 0.3) is 10.9 Å². The van der Waals surface area contributed by atoms with Gasteiger partial charge < -0.3 is 36.9 Å². The van der Waals surface area contributed by atoms with Crippen LogP contribution in [0, 0.1) is 5.92 Å². The summed E-state index contributed by atoms with van der Waals surface area (Å²) in [6.45, 7) is 3.49. The minimum Gasteiger partial charge on any atom is -0.481 e. The number of para-hydroxylation sites is 1. The smallest absolute Gasteiger partial charge is 0.327 e. The van der Waals surface area contributed by atoms with E-state index in [9.17, 15) is 29.1 Å². The number of H-pyrrole nitrogens is 1. The SMILES string of the molecule is CCC(C)C(NC(=O)C(CCC(=O)O)NC(=O)C(N)Cc1c[nH]c2ccccc12)C(=O)NC(CS)C(=O)O. The van der Waals surface area contributed by atoms with Crippen molar-refractivity contribution in [1.82, 2.24) is 20.9 Å². The van der Waals surface area contributed by atoms with Crippen molar-refractivity contribution in [1.29, 1.82) is 0 Å². The summed E-state index contributed by atoms with van der Waals surface area (Å²) in [6, 6.07) is 2.79. The summed E-state index contributed by atoms with van der Waals surface area (Å²) in [7, 11) is 0. The van der Waals surface area contributed by atoms with Gasteiger partial charge in [-0.25, -0.2) is 4.79 Å². The number of carboxylic acids is 2. The third kappa shape index (κ3) is 8.48. The molecule has 3 amide bonds. The molecule has 5 atom stereocenters. The van der Waals surface area contributed by atoms with E-state index in [0.29, 0.717) is 6.42 Å². The first-order valence-corrected chi connectivity index (χ1v) is 12.9. The number of aromatic amines is 1. The lowest BCUT2D eigenvalue weighted by atomic mass is 9.97. The third-order valence-electron chi connectivity index (χ3n) is 6.32. The number of amides is 3.